The zero-order chi connectivity index (χ0) is 16.2. The molecule has 1 aliphatic carbocycles. The summed E-state index contributed by atoms with van der Waals surface area (Å²) in [5.41, 5.74) is 2.47. The van der Waals surface area contributed by atoms with E-state index in [1.807, 2.05) is 12.1 Å². The quantitative estimate of drug-likeness (QED) is 0.848. The first-order chi connectivity index (χ1) is 11.1. The Kier molecular flexibility index (Phi) is 4.96. The second-order valence-corrected chi connectivity index (χ2v) is 6.62. The summed E-state index contributed by atoms with van der Waals surface area (Å²) in [5.74, 6) is -1.68. The predicted octanol–water partition coefficient (Wildman–Crippen LogP) is 4.25. The topological polar surface area (TPSA) is 29.1 Å². The number of fused-ring (bicyclic) bond motifs is 1. The Morgan fingerprint density at radius 1 is 1.17 bits per heavy atom. The van der Waals surface area contributed by atoms with Gasteiger partial charge in [0.1, 0.15) is 0 Å². The van der Waals surface area contributed by atoms with E-state index in [1.165, 1.54) is 29.0 Å². The fraction of sp³-hybridized carbons (Fsp3) is 0.278. The van der Waals surface area contributed by atoms with E-state index in [-0.39, 0.29) is 17.7 Å². The van der Waals surface area contributed by atoms with E-state index < -0.39 is 11.6 Å². The molecule has 0 aliphatic heterocycles. The minimum Gasteiger partial charge on any atom is -0.349 e. The number of carbonyl (C=O) groups is 1. The van der Waals surface area contributed by atoms with E-state index >= 15 is 0 Å². The van der Waals surface area contributed by atoms with Gasteiger partial charge in [-0.05, 0) is 48.6 Å². The third-order valence-corrected chi connectivity index (χ3v) is 4.96. The van der Waals surface area contributed by atoms with Gasteiger partial charge in [0.15, 0.2) is 11.6 Å². The van der Waals surface area contributed by atoms with E-state index in [2.05, 4.69) is 17.4 Å². The van der Waals surface area contributed by atoms with Crippen molar-refractivity contribution in [1.29, 1.82) is 0 Å². The van der Waals surface area contributed by atoms with E-state index in [0.717, 1.165) is 31.4 Å². The fourth-order valence-electron chi connectivity index (χ4n) is 2.86. The Labute approximate surface area is 138 Å². The summed E-state index contributed by atoms with van der Waals surface area (Å²) in [6.45, 7) is 0. The number of aryl methyl sites for hydroxylation is 1. The Morgan fingerprint density at radius 2 is 2.00 bits per heavy atom. The molecule has 1 amide bonds. The van der Waals surface area contributed by atoms with E-state index in [9.17, 15) is 13.6 Å². The molecule has 1 aliphatic rings. The van der Waals surface area contributed by atoms with Gasteiger partial charge in [-0.3, -0.25) is 4.79 Å². The van der Waals surface area contributed by atoms with Crippen molar-refractivity contribution < 1.29 is 13.6 Å². The van der Waals surface area contributed by atoms with E-state index in [4.69, 9.17) is 0 Å². The lowest BCUT2D eigenvalue weighted by Gasteiger charge is -2.26. The van der Waals surface area contributed by atoms with E-state index in [1.54, 1.807) is 0 Å². The number of rotatable bonds is 4. The predicted molar refractivity (Wildman–Crippen MR) is 87.3 cm³/mol. The van der Waals surface area contributed by atoms with Crippen LogP contribution in [0.2, 0.25) is 0 Å². The van der Waals surface area contributed by atoms with Crippen LogP contribution >= 0.6 is 11.8 Å². The van der Waals surface area contributed by atoms with Crippen LogP contribution in [0.4, 0.5) is 8.78 Å². The molecular weight excluding hydrogens is 316 g/mol. The number of carbonyl (C=O) groups excluding carboxylic acids is 1. The second-order valence-electron chi connectivity index (χ2n) is 5.58. The van der Waals surface area contributed by atoms with Crippen molar-refractivity contribution in [1.82, 2.24) is 5.32 Å². The van der Waals surface area contributed by atoms with Crippen LogP contribution in [0.15, 0.2) is 47.4 Å². The third kappa shape index (κ3) is 3.91. The summed E-state index contributed by atoms with van der Waals surface area (Å²) in [6.07, 6.45) is 3.03. The van der Waals surface area contributed by atoms with Crippen LogP contribution in [0.5, 0.6) is 0 Å². The molecule has 0 bridgehead atoms. The SMILES string of the molecule is O=C(CSc1ccc(F)c(F)c1)N[C@@H]1CCCc2ccccc21. The second kappa shape index (κ2) is 7.13. The molecule has 23 heavy (non-hydrogen) atoms. The van der Waals surface area contributed by atoms with Crippen LogP contribution in [-0.2, 0) is 11.2 Å². The fourth-order valence-corrected chi connectivity index (χ4v) is 3.59. The molecule has 3 rings (SSSR count). The molecule has 2 aromatic rings. The molecule has 0 radical (unpaired) electrons. The molecule has 2 aromatic carbocycles. The maximum atomic E-state index is 13.2. The Bertz CT molecular complexity index is 720. The highest BCUT2D eigenvalue weighted by atomic mass is 32.2. The van der Waals surface area contributed by atoms with Gasteiger partial charge in [-0.25, -0.2) is 8.78 Å². The van der Waals surface area contributed by atoms with Crippen molar-refractivity contribution in [2.45, 2.75) is 30.2 Å². The molecule has 0 spiro atoms. The van der Waals surface area contributed by atoms with Gasteiger partial charge >= 0.3 is 0 Å². The van der Waals surface area contributed by atoms with Gasteiger partial charge in [-0.2, -0.15) is 0 Å². The number of halogens is 2. The zero-order valence-corrected chi connectivity index (χ0v) is 13.3. The van der Waals surface area contributed by atoms with Gasteiger partial charge in [-0.1, -0.05) is 24.3 Å². The Balaban J connectivity index is 1.59. The summed E-state index contributed by atoms with van der Waals surface area (Å²) in [4.78, 5) is 12.7. The molecule has 0 heterocycles. The van der Waals surface area contributed by atoms with Crippen LogP contribution in [0.3, 0.4) is 0 Å². The third-order valence-electron chi connectivity index (χ3n) is 3.97. The highest BCUT2D eigenvalue weighted by Crippen LogP contribution is 2.29. The van der Waals surface area contributed by atoms with Gasteiger partial charge < -0.3 is 5.32 Å². The maximum absolute atomic E-state index is 13.2. The lowest BCUT2D eigenvalue weighted by molar-refractivity contribution is -0.119. The molecule has 0 saturated carbocycles. The number of thioether (sulfide) groups is 1. The first-order valence-corrected chi connectivity index (χ1v) is 8.57. The number of nitrogens with one attached hydrogen (secondary N) is 1. The molecule has 120 valence electrons. The normalized spacial score (nSPS) is 16.7. The van der Waals surface area contributed by atoms with Gasteiger partial charge in [0.2, 0.25) is 5.91 Å². The molecule has 0 fully saturated rings. The number of amides is 1. The molecular formula is C18H17F2NOS. The van der Waals surface area contributed by atoms with Gasteiger partial charge in [0.25, 0.3) is 0 Å². The summed E-state index contributed by atoms with van der Waals surface area (Å²) in [6, 6.07) is 11.9. The largest absolute Gasteiger partial charge is 0.349 e. The van der Waals surface area contributed by atoms with Crippen molar-refractivity contribution in [3.05, 3.63) is 65.2 Å². The average molecular weight is 333 g/mol. The highest BCUT2D eigenvalue weighted by Gasteiger charge is 2.21. The summed E-state index contributed by atoms with van der Waals surface area (Å²) in [5, 5.41) is 3.04. The van der Waals surface area contributed by atoms with Crippen LogP contribution in [0, 0.1) is 11.6 Å². The maximum Gasteiger partial charge on any atom is 0.230 e. The molecule has 1 atom stereocenters. The minimum absolute atomic E-state index is 0.0398. The number of hydrogen-bond acceptors (Lipinski definition) is 2. The van der Waals surface area contributed by atoms with Crippen molar-refractivity contribution in [2.75, 3.05) is 5.75 Å². The monoisotopic (exact) mass is 333 g/mol. The molecule has 0 aromatic heterocycles. The van der Waals surface area contributed by atoms with Crippen molar-refractivity contribution >= 4 is 17.7 Å². The number of hydrogen-bond donors (Lipinski definition) is 1. The zero-order valence-electron chi connectivity index (χ0n) is 12.5. The van der Waals surface area contributed by atoms with Crippen LogP contribution in [-0.4, -0.2) is 11.7 Å². The average Bonchev–Trinajstić information content (AvgIpc) is 2.56. The van der Waals surface area contributed by atoms with Crippen LogP contribution < -0.4 is 5.32 Å². The molecule has 0 saturated heterocycles. The molecule has 5 heteroatoms. The molecule has 2 nitrogen and oxygen atoms in total. The molecule has 0 unspecified atom stereocenters. The van der Waals surface area contributed by atoms with Crippen molar-refractivity contribution in [2.24, 2.45) is 0 Å². The minimum atomic E-state index is -0.892. The highest BCUT2D eigenvalue weighted by molar-refractivity contribution is 8.00. The van der Waals surface area contributed by atoms with Crippen molar-refractivity contribution in [3.63, 3.8) is 0 Å². The smallest absolute Gasteiger partial charge is 0.230 e. The standard InChI is InChI=1S/C18H17F2NOS/c19-15-9-8-13(10-16(15)20)23-11-18(22)21-17-7-3-5-12-4-1-2-6-14(12)17/h1-2,4,6,8-10,17H,3,5,7,11H2,(H,21,22)/t17-/m1/s1. The number of benzene rings is 2. The molecule has 1 N–H and O–H groups in total. The first kappa shape index (κ1) is 16.0. The lowest BCUT2D eigenvalue weighted by atomic mass is 9.88. The first-order valence-electron chi connectivity index (χ1n) is 7.58. The van der Waals surface area contributed by atoms with Crippen LogP contribution in [0.25, 0.3) is 0 Å². The van der Waals surface area contributed by atoms with E-state index in [0.29, 0.717) is 4.90 Å². The Hall–Kier alpha value is -1.88. The van der Waals surface area contributed by atoms with Crippen LogP contribution in [0.1, 0.15) is 30.0 Å². The Morgan fingerprint density at radius 3 is 2.83 bits per heavy atom. The van der Waals surface area contributed by atoms with Gasteiger partial charge in [-0.15, -0.1) is 11.8 Å². The lowest BCUT2D eigenvalue weighted by Crippen LogP contribution is -2.32. The van der Waals surface area contributed by atoms with Crippen molar-refractivity contribution in [3.8, 4) is 0 Å². The van der Waals surface area contributed by atoms with Gasteiger partial charge in [0, 0.05) is 4.90 Å². The summed E-state index contributed by atoms with van der Waals surface area (Å²) >= 11 is 1.20. The summed E-state index contributed by atoms with van der Waals surface area (Å²) < 4.78 is 26.0. The van der Waals surface area contributed by atoms with Gasteiger partial charge in [0.05, 0.1) is 11.8 Å². The summed E-state index contributed by atoms with van der Waals surface area (Å²) in [7, 11) is 0.